The van der Waals surface area contributed by atoms with Crippen molar-refractivity contribution in [1.82, 2.24) is 9.55 Å². The van der Waals surface area contributed by atoms with Crippen LogP contribution in [0.4, 0.5) is 0 Å². The standard InChI is InChI=1S/C33H22N2O6/c36-17-26-29(37)30(38)32(41-26)35-16-20(31(39)34-33(35)40)7-2-1-6-18-14-15-25-23-12-4-9-19-8-3-11-22(27(19)23)24-13-5-10-21(18)28(24)25/h3-5,8-16,26,29-30,32,36-38H,17H2,(H,34,39,40)/t26-,29-,30+,32-/m1/s1. The number of rotatable bonds is 2. The van der Waals surface area contributed by atoms with Crippen LogP contribution in [0.25, 0.3) is 43.1 Å². The second-order valence-corrected chi connectivity index (χ2v) is 10.0. The molecule has 0 spiro atoms. The largest absolute Gasteiger partial charge is 0.394 e. The highest BCUT2D eigenvalue weighted by Crippen LogP contribution is 2.40. The van der Waals surface area contributed by atoms with Gasteiger partial charge in [-0.15, -0.1) is 0 Å². The Labute approximate surface area is 232 Å². The Balaban J connectivity index is 1.29. The summed E-state index contributed by atoms with van der Waals surface area (Å²) < 4.78 is 6.35. The van der Waals surface area contributed by atoms with Gasteiger partial charge in [0.1, 0.15) is 23.9 Å². The summed E-state index contributed by atoms with van der Waals surface area (Å²) in [5.41, 5.74) is -0.848. The lowest BCUT2D eigenvalue weighted by atomic mass is 9.88. The summed E-state index contributed by atoms with van der Waals surface area (Å²) in [6, 6.07) is 22.9. The fourth-order valence-electron chi connectivity index (χ4n) is 5.82. The molecule has 0 aliphatic carbocycles. The van der Waals surface area contributed by atoms with Crippen molar-refractivity contribution < 1.29 is 20.1 Å². The molecule has 41 heavy (non-hydrogen) atoms. The van der Waals surface area contributed by atoms with Gasteiger partial charge in [-0.1, -0.05) is 66.6 Å². The zero-order chi connectivity index (χ0) is 28.2. The quantitative estimate of drug-likeness (QED) is 0.152. The van der Waals surface area contributed by atoms with Crippen molar-refractivity contribution in [3.05, 3.63) is 105 Å². The van der Waals surface area contributed by atoms with Gasteiger partial charge in [0.2, 0.25) is 0 Å². The van der Waals surface area contributed by atoms with Crippen molar-refractivity contribution >= 4 is 43.1 Å². The summed E-state index contributed by atoms with van der Waals surface area (Å²) in [7, 11) is 0. The summed E-state index contributed by atoms with van der Waals surface area (Å²) in [6.07, 6.45) is -4.10. The summed E-state index contributed by atoms with van der Waals surface area (Å²) >= 11 is 0. The van der Waals surface area contributed by atoms with E-state index in [0.717, 1.165) is 37.9 Å². The maximum absolute atomic E-state index is 12.4. The van der Waals surface area contributed by atoms with Crippen LogP contribution in [0.15, 0.2) is 82.5 Å². The number of hydrogen-bond acceptors (Lipinski definition) is 6. The minimum absolute atomic E-state index is 0.0711. The molecular formula is C33H22N2O6. The van der Waals surface area contributed by atoms with E-state index in [4.69, 9.17) is 4.74 Å². The van der Waals surface area contributed by atoms with Gasteiger partial charge in [-0.25, -0.2) is 4.79 Å². The molecule has 4 atom stereocenters. The predicted molar refractivity (Wildman–Crippen MR) is 156 cm³/mol. The van der Waals surface area contributed by atoms with Gasteiger partial charge in [0, 0.05) is 11.8 Å². The smallest absolute Gasteiger partial charge is 0.330 e. The third kappa shape index (κ3) is 3.90. The Morgan fingerprint density at radius 3 is 2.05 bits per heavy atom. The Morgan fingerprint density at radius 1 is 0.756 bits per heavy atom. The maximum atomic E-state index is 12.4. The van der Waals surface area contributed by atoms with E-state index < -0.39 is 42.4 Å². The number of nitrogens with zero attached hydrogens (tertiary/aromatic N) is 1. The molecule has 7 rings (SSSR count). The summed E-state index contributed by atoms with van der Waals surface area (Å²) in [5, 5.41) is 38.9. The minimum Gasteiger partial charge on any atom is -0.394 e. The number of fused-ring (bicyclic) bond motifs is 2. The molecule has 0 radical (unpaired) electrons. The first-order chi connectivity index (χ1) is 20.0. The summed E-state index contributed by atoms with van der Waals surface area (Å²) in [6.45, 7) is -0.547. The monoisotopic (exact) mass is 542 g/mol. The van der Waals surface area contributed by atoms with E-state index in [1.807, 2.05) is 18.2 Å². The van der Waals surface area contributed by atoms with Crippen LogP contribution in [0.1, 0.15) is 17.4 Å². The number of aliphatic hydroxyl groups excluding tert-OH is 3. The number of aliphatic hydroxyl groups is 3. The van der Waals surface area contributed by atoms with Crippen molar-refractivity contribution in [2.24, 2.45) is 0 Å². The van der Waals surface area contributed by atoms with E-state index in [9.17, 15) is 24.9 Å². The fraction of sp³-hybridized carbons (Fsp3) is 0.152. The molecule has 1 saturated heterocycles. The van der Waals surface area contributed by atoms with E-state index in [-0.39, 0.29) is 5.56 Å². The van der Waals surface area contributed by atoms with Crippen molar-refractivity contribution in [1.29, 1.82) is 0 Å². The highest BCUT2D eigenvalue weighted by Gasteiger charge is 2.43. The predicted octanol–water partition coefficient (Wildman–Crippen LogP) is 2.60. The van der Waals surface area contributed by atoms with Gasteiger partial charge in [0.15, 0.2) is 6.23 Å². The molecule has 8 nitrogen and oxygen atoms in total. The van der Waals surface area contributed by atoms with Crippen LogP contribution in [0.2, 0.25) is 0 Å². The molecule has 2 heterocycles. The van der Waals surface area contributed by atoms with Crippen molar-refractivity contribution in [3.63, 3.8) is 0 Å². The molecule has 6 aromatic rings. The van der Waals surface area contributed by atoms with Crippen LogP contribution < -0.4 is 11.2 Å². The van der Waals surface area contributed by atoms with Gasteiger partial charge in [0.05, 0.1) is 6.61 Å². The van der Waals surface area contributed by atoms with Crippen LogP contribution in [0, 0.1) is 23.7 Å². The van der Waals surface area contributed by atoms with Crippen LogP contribution in [0.3, 0.4) is 0 Å². The highest BCUT2D eigenvalue weighted by molar-refractivity contribution is 6.33. The molecule has 0 saturated carbocycles. The SMILES string of the molecule is O=c1[nH]c(=O)n([C@@H]2O[C@H](CO)[C@@H](O)[C@@H]2O)cc1C#CC#Cc1ccc2c3cccc4cccc(c5cccc1c52)c43. The summed E-state index contributed by atoms with van der Waals surface area (Å²) in [4.78, 5) is 26.9. The molecule has 1 aromatic heterocycles. The van der Waals surface area contributed by atoms with E-state index in [1.54, 1.807) is 0 Å². The number of ether oxygens (including phenoxy) is 1. The molecule has 1 aliphatic rings. The number of aromatic nitrogens is 2. The Hall–Kier alpha value is -4.96. The number of nitrogens with one attached hydrogen (secondary N) is 1. The van der Waals surface area contributed by atoms with Crippen molar-refractivity contribution in [2.75, 3.05) is 6.61 Å². The van der Waals surface area contributed by atoms with Crippen molar-refractivity contribution in [3.8, 4) is 23.7 Å². The van der Waals surface area contributed by atoms with Gasteiger partial charge in [-0.05, 0) is 66.9 Å². The lowest BCUT2D eigenvalue weighted by Gasteiger charge is -2.17. The van der Waals surface area contributed by atoms with Crippen LogP contribution >= 0.6 is 0 Å². The number of aromatic amines is 1. The molecule has 8 heteroatoms. The molecule has 200 valence electrons. The molecule has 0 amide bonds. The first kappa shape index (κ1) is 25.0. The first-order valence-electron chi connectivity index (χ1n) is 13.0. The molecule has 5 aromatic carbocycles. The van der Waals surface area contributed by atoms with E-state index in [0.29, 0.717) is 0 Å². The number of H-pyrrole nitrogens is 1. The van der Waals surface area contributed by atoms with E-state index >= 15 is 0 Å². The number of hydrogen-bond donors (Lipinski definition) is 4. The third-order valence-electron chi connectivity index (χ3n) is 7.74. The molecular weight excluding hydrogens is 520 g/mol. The van der Waals surface area contributed by atoms with Crippen molar-refractivity contribution in [2.45, 2.75) is 24.5 Å². The molecule has 1 fully saturated rings. The Bertz CT molecular complexity index is 2190. The second kappa shape index (κ2) is 9.60. The maximum Gasteiger partial charge on any atom is 0.330 e. The highest BCUT2D eigenvalue weighted by atomic mass is 16.6. The van der Waals surface area contributed by atoms with E-state index in [1.165, 1.54) is 21.5 Å². The Kier molecular flexibility index (Phi) is 5.86. The van der Waals surface area contributed by atoms with Gasteiger partial charge in [-0.3, -0.25) is 14.3 Å². The number of benzene rings is 5. The average Bonchev–Trinajstić information content (AvgIpc) is 3.27. The first-order valence-corrected chi connectivity index (χ1v) is 13.0. The zero-order valence-corrected chi connectivity index (χ0v) is 21.5. The zero-order valence-electron chi connectivity index (χ0n) is 21.5. The minimum atomic E-state index is -1.48. The van der Waals surface area contributed by atoms with Gasteiger partial charge < -0.3 is 20.1 Å². The van der Waals surface area contributed by atoms with E-state index in [2.05, 4.69) is 77.2 Å². The van der Waals surface area contributed by atoms with Gasteiger partial charge >= 0.3 is 5.69 Å². The van der Waals surface area contributed by atoms with Gasteiger partial charge in [0.25, 0.3) is 5.56 Å². The molecule has 4 N–H and O–H groups in total. The second-order valence-electron chi connectivity index (χ2n) is 10.0. The summed E-state index contributed by atoms with van der Waals surface area (Å²) in [5.74, 6) is 11.3. The van der Waals surface area contributed by atoms with Crippen LogP contribution in [0.5, 0.6) is 0 Å². The lowest BCUT2D eigenvalue weighted by molar-refractivity contribution is -0.0550. The third-order valence-corrected chi connectivity index (χ3v) is 7.74. The fourth-order valence-corrected chi connectivity index (χ4v) is 5.82. The normalized spacial score (nSPS) is 20.4. The molecule has 1 aliphatic heterocycles. The molecule has 0 unspecified atom stereocenters. The molecule has 0 bridgehead atoms. The lowest BCUT2D eigenvalue weighted by Crippen LogP contribution is -2.38. The van der Waals surface area contributed by atoms with Crippen LogP contribution in [-0.4, -0.2) is 49.8 Å². The Morgan fingerprint density at radius 2 is 1.37 bits per heavy atom. The average molecular weight is 543 g/mol. The van der Waals surface area contributed by atoms with Crippen LogP contribution in [-0.2, 0) is 4.74 Å². The van der Waals surface area contributed by atoms with Gasteiger partial charge in [-0.2, -0.15) is 0 Å². The topological polar surface area (TPSA) is 125 Å².